The van der Waals surface area contributed by atoms with Crippen molar-refractivity contribution in [2.75, 3.05) is 33.0 Å². The van der Waals surface area contributed by atoms with Crippen LogP contribution in [0.1, 0.15) is 200 Å². The van der Waals surface area contributed by atoms with Crippen molar-refractivity contribution in [2.24, 2.45) is 5.73 Å². The van der Waals surface area contributed by atoms with E-state index in [-0.39, 0.29) is 32.3 Å². The zero-order valence-electron chi connectivity index (χ0n) is 32.2. The molecule has 0 amide bonds. The van der Waals surface area contributed by atoms with Gasteiger partial charge in [0.25, 0.3) is 0 Å². The largest absolute Gasteiger partial charge is 0.472 e. The summed E-state index contributed by atoms with van der Waals surface area (Å²) in [7, 11) is -4.27. The van der Waals surface area contributed by atoms with Gasteiger partial charge >= 0.3 is 13.8 Å². The molecule has 2 atom stereocenters. The maximum atomic E-state index is 12.5. The van der Waals surface area contributed by atoms with Crippen LogP contribution in [0.2, 0.25) is 0 Å². The van der Waals surface area contributed by atoms with E-state index < -0.39 is 13.9 Å². The van der Waals surface area contributed by atoms with E-state index in [1.165, 1.54) is 135 Å². The summed E-state index contributed by atoms with van der Waals surface area (Å²) in [6.45, 7) is 4.94. The molecule has 9 heteroatoms. The highest BCUT2D eigenvalue weighted by Gasteiger charge is 2.25. The van der Waals surface area contributed by atoms with E-state index in [1.54, 1.807) is 0 Å². The molecule has 2 unspecified atom stereocenters. The van der Waals surface area contributed by atoms with Gasteiger partial charge in [0, 0.05) is 19.6 Å². The quantitative estimate of drug-likeness (QED) is 0.0278. The third kappa shape index (κ3) is 38.3. The smallest absolute Gasteiger partial charge is 0.457 e. The highest BCUT2D eigenvalue weighted by Crippen LogP contribution is 2.43. The van der Waals surface area contributed by atoms with Crippen molar-refractivity contribution in [3.63, 3.8) is 0 Å². The van der Waals surface area contributed by atoms with Crippen LogP contribution < -0.4 is 5.73 Å². The normalized spacial score (nSPS) is 13.6. The predicted molar refractivity (Wildman–Crippen MR) is 206 cm³/mol. The van der Waals surface area contributed by atoms with Crippen LogP contribution in [0.25, 0.3) is 0 Å². The van der Waals surface area contributed by atoms with E-state index in [9.17, 15) is 14.3 Å². The van der Waals surface area contributed by atoms with Crippen molar-refractivity contribution < 1.29 is 32.8 Å². The van der Waals surface area contributed by atoms with Crippen molar-refractivity contribution in [2.45, 2.75) is 206 Å². The van der Waals surface area contributed by atoms with Crippen LogP contribution >= 0.6 is 7.82 Å². The SMILES string of the molecule is CCCCCCC/C=C\CCCCCCCC(=O)OC(COCCCCCCCCCCCCCCCCCC)COP(=O)(O)OCCN. The number of nitrogens with two attached hydrogens (primary N) is 1. The van der Waals surface area contributed by atoms with Gasteiger partial charge in [0.15, 0.2) is 0 Å². The van der Waals surface area contributed by atoms with Gasteiger partial charge in [-0.25, -0.2) is 4.57 Å². The fraction of sp³-hybridized carbons (Fsp3) is 0.925. The van der Waals surface area contributed by atoms with Crippen LogP contribution in [0.15, 0.2) is 12.2 Å². The first-order chi connectivity index (χ1) is 23.9. The minimum Gasteiger partial charge on any atom is -0.457 e. The Labute approximate surface area is 303 Å². The molecule has 0 rings (SSSR count). The molecule has 3 N–H and O–H groups in total. The third-order valence-corrected chi connectivity index (χ3v) is 9.92. The van der Waals surface area contributed by atoms with Crippen LogP contribution in [0, 0.1) is 0 Å². The van der Waals surface area contributed by atoms with Gasteiger partial charge in [0.05, 0.1) is 19.8 Å². The lowest BCUT2D eigenvalue weighted by molar-refractivity contribution is -0.154. The second-order valence-corrected chi connectivity index (χ2v) is 15.3. The summed E-state index contributed by atoms with van der Waals surface area (Å²) in [4.78, 5) is 22.4. The van der Waals surface area contributed by atoms with Crippen LogP contribution in [0.3, 0.4) is 0 Å². The molecule has 292 valence electrons. The Hall–Kier alpha value is -0.760. The minimum atomic E-state index is -4.27. The van der Waals surface area contributed by atoms with Gasteiger partial charge in [-0.05, 0) is 38.5 Å². The highest BCUT2D eigenvalue weighted by atomic mass is 31.2. The maximum Gasteiger partial charge on any atom is 0.472 e. The second kappa shape index (κ2) is 38.5. The first-order valence-electron chi connectivity index (χ1n) is 20.7. The standard InChI is InChI=1S/C40H80NO7P/c1-3-5-7-9-11-13-15-17-19-20-22-24-26-28-30-32-35-45-37-39(38-47-49(43,44)46-36-34-41)48-40(42)33-31-29-27-25-23-21-18-16-14-12-10-8-6-4-2/h16,18,39H,3-15,17,19-38,41H2,1-2H3,(H,43,44)/b18-16-. The fourth-order valence-corrected chi connectivity index (χ4v) is 6.64. The maximum absolute atomic E-state index is 12.5. The van der Waals surface area contributed by atoms with Gasteiger partial charge in [-0.15, -0.1) is 0 Å². The Morgan fingerprint density at radius 2 is 1.02 bits per heavy atom. The Balaban J connectivity index is 4.03. The van der Waals surface area contributed by atoms with Crippen LogP contribution in [-0.4, -0.2) is 49.9 Å². The molecule has 0 fully saturated rings. The molecule has 0 radical (unpaired) electrons. The van der Waals surface area contributed by atoms with Gasteiger partial charge in [0.2, 0.25) is 0 Å². The second-order valence-electron chi connectivity index (χ2n) is 13.9. The molecule has 0 saturated heterocycles. The number of unbranched alkanes of at least 4 members (excludes halogenated alkanes) is 25. The lowest BCUT2D eigenvalue weighted by Gasteiger charge is -2.20. The topological polar surface area (TPSA) is 117 Å². The van der Waals surface area contributed by atoms with E-state index >= 15 is 0 Å². The Kier molecular flexibility index (Phi) is 37.9. The number of carbonyl (C=O) groups excluding carboxylic acids is 1. The summed E-state index contributed by atoms with van der Waals surface area (Å²) in [6, 6.07) is 0. The van der Waals surface area contributed by atoms with Gasteiger partial charge < -0.3 is 20.1 Å². The molecular weight excluding hydrogens is 637 g/mol. The van der Waals surface area contributed by atoms with E-state index in [0.717, 1.165) is 44.9 Å². The van der Waals surface area contributed by atoms with Crippen molar-refractivity contribution in [3.05, 3.63) is 12.2 Å². The molecule has 0 bridgehead atoms. The molecule has 8 nitrogen and oxygen atoms in total. The summed E-state index contributed by atoms with van der Waals surface area (Å²) >= 11 is 0. The molecular formula is C40H80NO7P. The van der Waals surface area contributed by atoms with Gasteiger partial charge in [0.1, 0.15) is 6.10 Å². The molecule has 0 aromatic carbocycles. The minimum absolute atomic E-state index is 0.0939. The van der Waals surface area contributed by atoms with E-state index in [2.05, 4.69) is 26.0 Å². The molecule has 0 heterocycles. The summed E-state index contributed by atoms with van der Waals surface area (Å²) in [6.07, 6.45) is 39.3. The van der Waals surface area contributed by atoms with Crippen molar-refractivity contribution in [1.29, 1.82) is 0 Å². The van der Waals surface area contributed by atoms with Crippen molar-refractivity contribution in [3.8, 4) is 0 Å². The number of ether oxygens (including phenoxy) is 2. The Bertz CT molecular complexity index is 767. The van der Waals surface area contributed by atoms with Crippen LogP contribution in [0.4, 0.5) is 0 Å². The van der Waals surface area contributed by atoms with Crippen molar-refractivity contribution in [1.82, 2.24) is 0 Å². The number of allylic oxidation sites excluding steroid dienone is 2. The van der Waals surface area contributed by atoms with E-state index in [0.29, 0.717) is 13.0 Å². The summed E-state index contributed by atoms with van der Waals surface area (Å²) in [5.74, 6) is -0.336. The van der Waals surface area contributed by atoms with E-state index in [1.807, 2.05) is 0 Å². The van der Waals surface area contributed by atoms with Gasteiger partial charge in [-0.1, -0.05) is 167 Å². The zero-order chi connectivity index (χ0) is 35.9. The average Bonchev–Trinajstić information content (AvgIpc) is 3.09. The van der Waals surface area contributed by atoms with Crippen molar-refractivity contribution >= 4 is 13.8 Å². The molecule has 0 aliphatic carbocycles. The summed E-state index contributed by atoms with van der Waals surface area (Å²) in [5.41, 5.74) is 5.36. The lowest BCUT2D eigenvalue weighted by atomic mass is 10.0. The molecule has 0 spiro atoms. The highest BCUT2D eigenvalue weighted by molar-refractivity contribution is 7.47. The molecule has 0 saturated carbocycles. The molecule has 0 aromatic heterocycles. The summed E-state index contributed by atoms with van der Waals surface area (Å²) in [5, 5.41) is 0. The molecule has 0 aliphatic rings. The van der Waals surface area contributed by atoms with Gasteiger partial charge in [-0.2, -0.15) is 0 Å². The molecule has 0 aliphatic heterocycles. The van der Waals surface area contributed by atoms with E-state index in [4.69, 9.17) is 24.3 Å². The number of rotatable bonds is 40. The first-order valence-corrected chi connectivity index (χ1v) is 22.2. The molecule has 0 aromatic rings. The predicted octanol–water partition coefficient (Wildman–Crippen LogP) is 11.9. The number of phosphoric ester groups is 1. The fourth-order valence-electron chi connectivity index (χ4n) is 5.87. The van der Waals surface area contributed by atoms with Gasteiger partial charge in [-0.3, -0.25) is 13.8 Å². The monoisotopic (exact) mass is 718 g/mol. The number of carbonyl (C=O) groups is 1. The van der Waals surface area contributed by atoms with Crippen LogP contribution in [-0.2, 0) is 27.9 Å². The zero-order valence-corrected chi connectivity index (χ0v) is 33.1. The molecule has 49 heavy (non-hydrogen) atoms. The van der Waals surface area contributed by atoms with Crippen LogP contribution in [0.5, 0.6) is 0 Å². The Morgan fingerprint density at radius 3 is 1.49 bits per heavy atom. The average molecular weight is 718 g/mol. The first kappa shape index (κ1) is 48.2. The number of hydrogen-bond donors (Lipinski definition) is 2. The summed E-state index contributed by atoms with van der Waals surface area (Å²) < 4.78 is 33.4. The number of esters is 1. The Morgan fingerprint density at radius 1 is 0.592 bits per heavy atom. The number of phosphoric acid groups is 1. The number of hydrogen-bond acceptors (Lipinski definition) is 7. The third-order valence-electron chi connectivity index (χ3n) is 8.93. The lowest BCUT2D eigenvalue weighted by Crippen LogP contribution is -2.28.